The van der Waals surface area contributed by atoms with E-state index >= 15 is 0 Å². The Labute approximate surface area is 294 Å². The first-order valence-electron chi connectivity index (χ1n) is 18.3. The largest absolute Gasteiger partial charge is 0.347 e. The molecule has 13 nitrogen and oxygen atoms in total. The van der Waals surface area contributed by atoms with E-state index in [2.05, 4.69) is 37.8 Å². The maximum absolute atomic E-state index is 14.7. The standard InChI is InChI=1S/C37H53N7O6/c1-6-10-26(30(45)35(49)40-23-14-15-23)41-34(48)29-24-16-13-21(2)25(24)20-44(29)36(50)31(37(3,4)5)43-33(47)28(22-11-8-7-9-12-22)42-32(46)27-19-38-17-18-39-27/h17-19,22-26,28-29,31H,2,6-16,20H2,1,3-5H3,(H,40,49)(H,41,48)(H,42,46)(H,43,47)/t24-,25+,26-,28-,29?,31+/m0/s1. The molecule has 5 amide bonds. The van der Waals surface area contributed by atoms with Gasteiger partial charge in [0, 0.05) is 30.9 Å². The molecule has 50 heavy (non-hydrogen) atoms. The van der Waals surface area contributed by atoms with Gasteiger partial charge in [-0.05, 0) is 62.2 Å². The van der Waals surface area contributed by atoms with Crippen LogP contribution >= 0.6 is 0 Å². The summed E-state index contributed by atoms with van der Waals surface area (Å²) >= 11 is 0. The number of amides is 5. The van der Waals surface area contributed by atoms with Gasteiger partial charge in [-0.1, -0.05) is 65.5 Å². The van der Waals surface area contributed by atoms with E-state index in [1.165, 1.54) is 23.5 Å². The van der Waals surface area contributed by atoms with Crippen molar-refractivity contribution in [3.8, 4) is 0 Å². The molecule has 0 aromatic carbocycles. The summed E-state index contributed by atoms with van der Waals surface area (Å²) in [5.41, 5.74) is 0.288. The van der Waals surface area contributed by atoms with Crippen molar-refractivity contribution in [1.82, 2.24) is 36.1 Å². The number of carbonyl (C=O) groups is 6. The average Bonchev–Trinajstić information content (AvgIpc) is 3.72. The van der Waals surface area contributed by atoms with E-state index in [0.717, 1.165) is 56.9 Å². The van der Waals surface area contributed by atoms with Crippen molar-refractivity contribution >= 4 is 35.3 Å². The predicted octanol–water partition coefficient (Wildman–Crippen LogP) is 2.61. The van der Waals surface area contributed by atoms with Crippen LogP contribution < -0.4 is 21.3 Å². The number of ketones is 1. The molecule has 1 unspecified atom stereocenters. The van der Waals surface area contributed by atoms with Crippen molar-refractivity contribution in [3.63, 3.8) is 0 Å². The van der Waals surface area contributed by atoms with Gasteiger partial charge in [0.1, 0.15) is 23.8 Å². The second-order valence-electron chi connectivity index (χ2n) is 15.6. The first-order chi connectivity index (χ1) is 23.8. The van der Waals surface area contributed by atoms with Crippen molar-refractivity contribution < 1.29 is 28.8 Å². The summed E-state index contributed by atoms with van der Waals surface area (Å²) in [5.74, 6) is -3.72. The molecule has 0 spiro atoms. The Bertz CT molecular complexity index is 1470. The van der Waals surface area contributed by atoms with E-state index in [0.29, 0.717) is 12.8 Å². The lowest BCUT2D eigenvalue weighted by Gasteiger charge is -2.38. The van der Waals surface area contributed by atoms with Crippen LogP contribution in [-0.4, -0.2) is 86.9 Å². The zero-order valence-electron chi connectivity index (χ0n) is 29.8. The molecule has 2 heterocycles. The number of likely N-dealkylation sites (tertiary alicyclic amines) is 1. The fourth-order valence-corrected chi connectivity index (χ4v) is 7.80. The fraction of sp³-hybridized carbons (Fsp3) is 0.676. The highest BCUT2D eigenvalue weighted by atomic mass is 16.2. The lowest BCUT2D eigenvalue weighted by Crippen LogP contribution is -2.62. The predicted molar refractivity (Wildman–Crippen MR) is 185 cm³/mol. The third-order valence-corrected chi connectivity index (χ3v) is 10.8. The molecule has 4 fully saturated rings. The number of hydrogen-bond acceptors (Lipinski definition) is 8. The van der Waals surface area contributed by atoms with Crippen LogP contribution in [-0.2, 0) is 24.0 Å². The molecule has 1 saturated heterocycles. The van der Waals surface area contributed by atoms with E-state index in [1.54, 1.807) is 0 Å². The minimum atomic E-state index is -1.03. The van der Waals surface area contributed by atoms with Gasteiger partial charge in [0.15, 0.2) is 0 Å². The monoisotopic (exact) mass is 691 g/mol. The molecule has 0 radical (unpaired) electrons. The smallest absolute Gasteiger partial charge is 0.289 e. The molecule has 4 aliphatic rings. The van der Waals surface area contributed by atoms with Crippen molar-refractivity contribution in [2.24, 2.45) is 23.2 Å². The van der Waals surface area contributed by atoms with Crippen LogP contribution in [0.1, 0.15) is 109 Å². The molecule has 6 atom stereocenters. The quantitative estimate of drug-likeness (QED) is 0.180. The number of rotatable bonds is 13. The van der Waals surface area contributed by atoms with Crippen molar-refractivity contribution in [3.05, 3.63) is 36.4 Å². The summed E-state index contributed by atoms with van der Waals surface area (Å²) < 4.78 is 0. The topological polar surface area (TPSA) is 180 Å². The molecule has 3 aliphatic carbocycles. The summed E-state index contributed by atoms with van der Waals surface area (Å²) in [5, 5.41) is 11.4. The Kier molecular flexibility index (Phi) is 11.7. The highest BCUT2D eigenvalue weighted by molar-refractivity contribution is 6.38. The second kappa shape index (κ2) is 15.8. The Morgan fingerprint density at radius 3 is 2.30 bits per heavy atom. The maximum Gasteiger partial charge on any atom is 0.289 e. The molecule has 3 saturated carbocycles. The summed E-state index contributed by atoms with van der Waals surface area (Å²) in [6.45, 7) is 11.9. The van der Waals surface area contributed by atoms with Crippen LogP contribution in [0.5, 0.6) is 0 Å². The lowest BCUT2D eigenvalue weighted by atomic mass is 9.82. The van der Waals surface area contributed by atoms with Gasteiger partial charge in [0.05, 0.1) is 12.2 Å². The number of Topliss-reactive ketones (excluding diaryl/α,β-unsaturated/α-hetero) is 1. The third kappa shape index (κ3) is 8.58. The van der Waals surface area contributed by atoms with Crippen molar-refractivity contribution in [2.45, 2.75) is 129 Å². The SMILES string of the molecule is C=C1CC[C@@H]2C(C(=O)N[C@@H](CCC)C(=O)C(=O)NC3CC3)N(C(=O)[C@@H](NC(=O)[C@@H](NC(=O)c3cnccn3)C3CCCCC3)C(C)(C)C)C[C@H]12. The lowest BCUT2D eigenvalue weighted by molar-refractivity contribution is -0.146. The molecule has 4 N–H and O–H groups in total. The number of nitrogens with zero attached hydrogens (tertiary/aromatic N) is 3. The highest BCUT2D eigenvalue weighted by Gasteiger charge is 2.53. The van der Waals surface area contributed by atoms with Gasteiger partial charge >= 0.3 is 0 Å². The Morgan fingerprint density at radius 1 is 0.960 bits per heavy atom. The van der Waals surface area contributed by atoms with Crippen LogP contribution in [0.4, 0.5) is 0 Å². The normalized spacial score (nSPS) is 24.0. The van der Waals surface area contributed by atoms with Crippen molar-refractivity contribution in [1.29, 1.82) is 0 Å². The molecular formula is C37H53N7O6. The number of fused-ring (bicyclic) bond motifs is 1. The zero-order valence-corrected chi connectivity index (χ0v) is 29.8. The Morgan fingerprint density at radius 2 is 1.68 bits per heavy atom. The van der Waals surface area contributed by atoms with E-state index < -0.39 is 64.9 Å². The van der Waals surface area contributed by atoms with E-state index in [4.69, 9.17) is 0 Å². The first-order valence-corrected chi connectivity index (χ1v) is 18.3. The van der Waals surface area contributed by atoms with E-state index in [-0.39, 0.29) is 42.5 Å². The molecule has 1 aromatic rings. The van der Waals surface area contributed by atoms with Gasteiger partial charge in [-0.3, -0.25) is 33.8 Å². The van der Waals surface area contributed by atoms with Crippen LogP contribution in [0.2, 0.25) is 0 Å². The van der Waals surface area contributed by atoms with Crippen LogP contribution in [0.25, 0.3) is 0 Å². The Balaban J connectivity index is 1.38. The molecular weight excluding hydrogens is 638 g/mol. The maximum atomic E-state index is 14.7. The van der Waals surface area contributed by atoms with Gasteiger partial charge in [0.25, 0.3) is 11.8 Å². The van der Waals surface area contributed by atoms with E-state index in [1.807, 2.05) is 27.7 Å². The summed E-state index contributed by atoms with van der Waals surface area (Å²) in [6.07, 6.45) is 12.5. The molecule has 5 rings (SSSR count). The van der Waals surface area contributed by atoms with E-state index in [9.17, 15) is 28.8 Å². The fourth-order valence-electron chi connectivity index (χ4n) is 7.80. The number of nitrogens with one attached hydrogen (secondary N) is 4. The van der Waals surface area contributed by atoms with Gasteiger partial charge in [-0.15, -0.1) is 0 Å². The van der Waals surface area contributed by atoms with Gasteiger partial charge < -0.3 is 26.2 Å². The van der Waals surface area contributed by atoms with Crippen LogP contribution in [0.3, 0.4) is 0 Å². The summed E-state index contributed by atoms with van der Waals surface area (Å²) in [6, 6.07) is -3.85. The number of aromatic nitrogens is 2. The zero-order chi connectivity index (χ0) is 36.2. The second-order valence-corrected chi connectivity index (χ2v) is 15.6. The van der Waals surface area contributed by atoms with Gasteiger partial charge in [-0.2, -0.15) is 0 Å². The molecule has 13 heteroatoms. The van der Waals surface area contributed by atoms with Gasteiger partial charge in [0.2, 0.25) is 23.5 Å². The molecule has 0 bridgehead atoms. The Hall–Kier alpha value is -4.16. The molecule has 1 aromatic heterocycles. The molecule has 272 valence electrons. The summed E-state index contributed by atoms with van der Waals surface area (Å²) in [7, 11) is 0. The first kappa shape index (κ1) is 37.1. The summed E-state index contributed by atoms with van der Waals surface area (Å²) in [4.78, 5) is 91.6. The van der Waals surface area contributed by atoms with Crippen LogP contribution in [0, 0.1) is 23.2 Å². The number of carbonyl (C=O) groups excluding carboxylic acids is 6. The van der Waals surface area contributed by atoms with Gasteiger partial charge in [-0.25, -0.2) is 4.98 Å². The van der Waals surface area contributed by atoms with Crippen LogP contribution in [0.15, 0.2) is 30.7 Å². The molecule has 1 aliphatic heterocycles. The average molecular weight is 692 g/mol. The highest BCUT2D eigenvalue weighted by Crippen LogP contribution is 2.45. The van der Waals surface area contributed by atoms with Crippen molar-refractivity contribution in [2.75, 3.05) is 6.54 Å². The minimum absolute atomic E-state index is 0.000203. The number of hydrogen-bond donors (Lipinski definition) is 4. The minimum Gasteiger partial charge on any atom is -0.347 e. The third-order valence-electron chi connectivity index (χ3n) is 10.8.